The summed E-state index contributed by atoms with van der Waals surface area (Å²) < 4.78 is 24.1. The zero-order valence-corrected chi connectivity index (χ0v) is 32.2. The summed E-state index contributed by atoms with van der Waals surface area (Å²) >= 11 is 0. The van der Waals surface area contributed by atoms with Crippen molar-refractivity contribution >= 4 is 29.6 Å². The average molecular weight is 776 g/mol. The van der Waals surface area contributed by atoms with Crippen molar-refractivity contribution in [2.45, 2.75) is 108 Å². The third-order valence-electron chi connectivity index (χ3n) is 12.6. The van der Waals surface area contributed by atoms with Gasteiger partial charge in [0.15, 0.2) is 17.5 Å². The number of Topliss-reactive ketones (excluding diaryl/α,β-unsaturated/α-hetero) is 1. The van der Waals surface area contributed by atoms with E-state index in [2.05, 4.69) is 11.9 Å². The molecule has 2 aromatic rings. The molecule has 1 saturated heterocycles. The first-order valence-corrected chi connectivity index (χ1v) is 18.5. The van der Waals surface area contributed by atoms with Crippen molar-refractivity contribution in [1.82, 2.24) is 5.32 Å². The summed E-state index contributed by atoms with van der Waals surface area (Å²) in [7, 11) is 0. The molecule has 56 heavy (non-hydrogen) atoms. The molecule has 4 aliphatic rings. The van der Waals surface area contributed by atoms with E-state index in [1.165, 1.54) is 32.9 Å². The molecule has 5 N–H and O–H groups in total. The van der Waals surface area contributed by atoms with Gasteiger partial charge in [0.05, 0.1) is 35.6 Å². The van der Waals surface area contributed by atoms with Crippen molar-refractivity contribution in [2.75, 3.05) is 6.61 Å². The van der Waals surface area contributed by atoms with Gasteiger partial charge in [-0.25, -0.2) is 9.59 Å². The lowest BCUT2D eigenvalue weighted by Crippen LogP contribution is -2.81. The van der Waals surface area contributed by atoms with E-state index >= 15 is 0 Å². The van der Waals surface area contributed by atoms with Crippen LogP contribution in [-0.4, -0.2) is 104 Å². The molecule has 0 radical (unpaired) electrons. The van der Waals surface area contributed by atoms with Crippen molar-refractivity contribution < 1.29 is 63.3 Å². The van der Waals surface area contributed by atoms with Gasteiger partial charge in [0.25, 0.3) is 0 Å². The molecule has 2 bridgehead atoms. The number of aliphatic hydroxyl groups excluding tert-OH is 3. The highest BCUT2D eigenvalue weighted by Crippen LogP contribution is 2.64. The number of rotatable bonds is 9. The molecule has 1 aliphatic heterocycles. The summed E-state index contributed by atoms with van der Waals surface area (Å²) in [5.41, 5.74) is -7.01. The summed E-state index contributed by atoms with van der Waals surface area (Å²) in [5, 5.41) is 51.4. The second-order valence-corrected chi connectivity index (χ2v) is 16.2. The first-order valence-electron chi connectivity index (χ1n) is 18.5. The van der Waals surface area contributed by atoms with Gasteiger partial charge in [0, 0.05) is 30.8 Å². The van der Waals surface area contributed by atoms with Crippen molar-refractivity contribution in [2.24, 2.45) is 16.7 Å². The number of carbonyl (C=O) groups is 5. The summed E-state index contributed by atoms with van der Waals surface area (Å²) in [6.07, 6.45) is -10.4. The van der Waals surface area contributed by atoms with Gasteiger partial charge in [-0.15, -0.1) is 0 Å². The molecule has 300 valence electrons. The van der Waals surface area contributed by atoms with Gasteiger partial charge in [0.1, 0.15) is 30.0 Å². The highest BCUT2D eigenvalue weighted by molar-refractivity contribution is 5.94. The van der Waals surface area contributed by atoms with E-state index in [1.54, 1.807) is 62.4 Å². The number of hydrogen-bond acceptors (Lipinski definition) is 13. The Hall–Kier alpha value is -4.73. The SMILES string of the molecule is C=C(C)C(=O)N[C@@H](c1ccccc1)[C@@H](O)C(=O)O[C@H]1C[C@@]2(O)[C@@H](OC(=O)c3ccccc3)[C@@H]3[C@]4(OC(C)=O)CO[C@@H]4C[C@H](O)[C@@]3(C)C(=O)[C@H](O)C(=C1C)C2(C)C. The molecular weight excluding hydrogens is 726 g/mol. The molecule has 11 atom stereocenters. The van der Waals surface area contributed by atoms with Gasteiger partial charge >= 0.3 is 17.9 Å². The Labute approximate surface area is 324 Å². The highest BCUT2D eigenvalue weighted by atomic mass is 16.6. The number of fused-ring (bicyclic) bond motifs is 5. The van der Waals surface area contributed by atoms with Crippen LogP contribution < -0.4 is 5.32 Å². The maximum atomic E-state index is 14.9. The highest BCUT2D eigenvalue weighted by Gasteiger charge is 2.78. The Morgan fingerprint density at radius 2 is 1.57 bits per heavy atom. The quantitative estimate of drug-likeness (QED) is 0.107. The zero-order valence-electron chi connectivity index (χ0n) is 32.2. The number of hydrogen-bond donors (Lipinski definition) is 5. The molecule has 0 aromatic heterocycles. The van der Waals surface area contributed by atoms with E-state index in [0.29, 0.717) is 5.56 Å². The van der Waals surface area contributed by atoms with Crippen LogP contribution in [-0.2, 0) is 38.1 Å². The second-order valence-electron chi connectivity index (χ2n) is 16.2. The second kappa shape index (κ2) is 14.6. The fraction of sp³-hybridized carbons (Fsp3) is 0.500. The van der Waals surface area contributed by atoms with Crippen LogP contribution in [0, 0.1) is 16.7 Å². The molecule has 0 unspecified atom stereocenters. The molecule has 2 aromatic carbocycles. The number of esters is 3. The molecule has 3 fully saturated rings. The van der Waals surface area contributed by atoms with E-state index in [4.69, 9.17) is 18.9 Å². The fourth-order valence-electron chi connectivity index (χ4n) is 9.39. The molecule has 14 nitrogen and oxygen atoms in total. The van der Waals surface area contributed by atoms with Gasteiger partial charge in [-0.1, -0.05) is 69.0 Å². The molecule has 14 heteroatoms. The van der Waals surface area contributed by atoms with Crippen molar-refractivity contribution in [3.8, 4) is 0 Å². The van der Waals surface area contributed by atoms with Crippen LogP contribution in [0.5, 0.6) is 0 Å². The smallest absolute Gasteiger partial charge is 0.338 e. The van der Waals surface area contributed by atoms with Crippen molar-refractivity contribution in [1.29, 1.82) is 0 Å². The minimum absolute atomic E-state index is 0.0557. The fourth-order valence-corrected chi connectivity index (χ4v) is 9.39. The topological polar surface area (TPSA) is 215 Å². The Morgan fingerprint density at radius 1 is 0.964 bits per heavy atom. The molecule has 6 rings (SSSR count). The summed E-state index contributed by atoms with van der Waals surface area (Å²) in [6.45, 7) is 12.0. The lowest BCUT2D eigenvalue weighted by atomic mass is 9.44. The third kappa shape index (κ3) is 6.37. The molecular formula is C42H49NO13. The number of amides is 1. The molecule has 1 heterocycles. The van der Waals surface area contributed by atoms with Gasteiger partial charge in [-0.05, 0) is 49.6 Å². The number of nitrogens with one attached hydrogen (secondary N) is 1. The number of carbonyl (C=O) groups excluding carboxylic acids is 5. The lowest BCUT2D eigenvalue weighted by Gasteiger charge is -2.67. The van der Waals surface area contributed by atoms with Gasteiger partial charge in [0.2, 0.25) is 5.91 Å². The van der Waals surface area contributed by atoms with E-state index in [1.807, 2.05) is 0 Å². The zero-order chi connectivity index (χ0) is 41.1. The van der Waals surface area contributed by atoms with Crippen LogP contribution in [0.25, 0.3) is 0 Å². The van der Waals surface area contributed by atoms with Crippen LogP contribution in [0.2, 0.25) is 0 Å². The standard InChI is InChI=1S/C42H49NO13/c1-21(2)36(49)43-30(24-14-10-8-11-15-24)32(47)38(51)54-26-19-42(52)35(55-37(50)25-16-12-9-13-17-25)33-40(7,34(48)31(46)29(22(26)3)39(42,5)6)27(45)18-28-41(33,20-53-28)56-23(4)44/h8-17,26-28,30-33,35,45-47,52H,1,18-20H2,2-7H3,(H,43,49)/t26-,27-,28+,30-,31+,32+,33-,35-,40+,41-,42+/m0/s1. The summed E-state index contributed by atoms with van der Waals surface area (Å²) in [5.74, 6) is -5.95. The van der Waals surface area contributed by atoms with Crippen LogP contribution >= 0.6 is 0 Å². The third-order valence-corrected chi connectivity index (χ3v) is 12.6. The van der Waals surface area contributed by atoms with Crippen molar-refractivity contribution in [3.05, 3.63) is 95.1 Å². The van der Waals surface area contributed by atoms with Crippen LogP contribution in [0.15, 0.2) is 84.0 Å². The van der Waals surface area contributed by atoms with E-state index in [0.717, 1.165) is 6.92 Å². The number of ether oxygens (including phenoxy) is 4. The maximum absolute atomic E-state index is 14.9. The Morgan fingerprint density at radius 3 is 2.12 bits per heavy atom. The average Bonchev–Trinajstić information content (AvgIpc) is 3.15. The van der Waals surface area contributed by atoms with E-state index in [-0.39, 0.29) is 35.3 Å². The maximum Gasteiger partial charge on any atom is 0.338 e. The number of ketones is 1. The van der Waals surface area contributed by atoms with Crippen LogP contribution in [0.1, 0.15) is 76.3 Å². The largest absolute Gasteiger partial charge is 0.456 e. The Bertz CT molecular complexity index is 1960. The molecule has 1 amide bonds. The monoisotopic (exact) mass is 775 g/mol. The minimum Gasteiger partial charge on any atom is -0.456 e. The molecule has 2 saturated carbocycles. The normalized spacial score (nSPS) is 34.1. The molecule has 0 spiro atoms. The number of benzene rings is 2. The van der Waals surface area contributed by atoms with Crippen molar-refractivity contribution in [3.63, 3.8) is 0 Å². The number of aliphatic hydroxyl groups is 4. The van der Waals surface area contributed by atoms with Crippen LogP contribution in [0.4, 0.5) is 0 Å². The molecule has 3 aliphatic carbocycles. The Balaban J connectivity index is 1.51. The predicted molar refractivity (Wildman–Crippen MR) is 197 cm³/mol. The summed E-state index contributed by atoms with van der Waals surface area (Å²) in [6, 6.07) is 14.8. The van der Waals surface area contributed by atoms with Gasteiger partial charge in [-0.2, -0.15) is 0 Å². The first-order chi connectivity index (χ1) is 26.2. The van der Waals surface area contributed by atoms with Gasteiger partial charge < -0.3 is 44.7 Å². The lowest BCUT2D eigenvalue weighted by molar-refractivity contribution is -0.346. The van der Waals surface area contributed by atoms with E-state index in [9.17, 15) is 44.4 Å². The van der Waals surface area contributed by atoms with E-state index < -0.39 is 107 Å². The minimum atomic E-state index is -2.34. The first kappa shape index (κ1) is 40.9. The van der Waals surface area contributed by atoms with Crippen LogP contribution in [0.3, 0.4) is 0 Å². The van der Waals surface area contributed by atoms with Gasteiger partial charge in [-0.3, -0.25) is 14.4 Å². The predicted octanol–water partition coefficient (Wildman–Crippen LogP) is 2.43. The summed E-state index contributed by atoms with van der Waals surface area (Å²) in [4.78, 5) is 68.5. The Kier molecular flexibility index (Phi) is 10.7.